The van der Waals surface area contributed by atoms with Gasteiger partial charge in [0.25, 0.3) is 5.91 Å². The first-order chi connectivity index (χ1) is 9.10. The van der Waals surface area contributed by atoms with Crippen LogP contribution in [0.15, 0.2) is 18.5 Å². The Morgan fingerprint density at radius 3 is 2.68 bits per heavy atom. The van der Waals surface area contributed by atoms with Gasteiger partial charge in [-0.2, -0.15) is 0 Å². The Morgan fingerprint density at radius 1 is 1.32 bits per heavy atom. The number of nitrogens with one attached hydrogen (secondary N) is 3. The molecule has 0 aromatic carbocycles. The van der Waals surface area contributed by atoms with Gasteiger partial charge in [0.05, 0.1) is 17.4 Å². The van der Waals surface area contributed by atoms with Crippen molar-refractivity contribution in [2.45, 2.75) is 26.8 Å². The summed E-state index contributed by atoms with van der Waals surface area (Å²) in [5, 5.41) is 8.38. The molecule has 104 valence electrons. The van der Waals surface area contributed by atoms with E-state index in [4.69, 9.17) is 0 Å². The molecule has 0 aliphatic rings. The van der Waals surface area contributed by atoms with Gasteiger partial charge in [-0.05, 0) is 26.8 Å². The van der Waals surface area contributed by atoms with Gasteiger partial charge in [-0.3, -0.25) is 14.6 Å². The van der Waals surface area contributed by atoms with Gasteiger partial charge < -0.3 is 16.0 Å². The molecule has 0 radical (unpaired) electrons. The lowest BCUT2D eigenvalue weighted by Gasteiger charge is -2.15. The lowest BCUT2D eigenvalue weighted by molar-refractivity contribution is -0.122. The van der Waals surface area contributed by atoms with Gasteiger partial charge in [0, 0.05) is 19.3 Å². The minimum Gasteiger partial charge on any atom is -0.383 e. The molecule has 6 nitrogen and oxygen atoms in total. The Hall–Kier alpha value is -2.11. The van der Waals surface area contributed by atoms with Gasteiger partial charge in [-0.1, -0.05) is 0 Å². The van der Waals surface area contributed by atoms with E-state index in [1.54, 1.807) is 25.4 Å². The molecule has 0 aliphatic carbocycles. The van der Waals surface area contributed by atoms with Crippen molar-refractivity contribution in [2.24, 2.45) is 0 Å². The number of likely N-dealkylation sites (N-methyl/N-ethyl adjacent to an activating group) is 1. The van der Waals surface area contributed by atoms with E-state index in [9.17, 15) is 9.59 Å². The summed E-state index contributed by atoms with van der Waals surface area (Å²) in [6.07, 6.45) is 3.14. The number of hydrogen-bond acceptors (Lipinski definition) is 4. The summed E-state index contributed by atoms with van der Waals surface area (Å²) in [5.74, 6) is -0.494. The third-order valence-electron chi connectivity index (χ3n) is 2.52. The highest BCUT2D eigenvalue weighted by molar-refractivity contribution is 6.01. The van der Waals surface area contributed by atoms with Crippen molar-refractivity contribution in [1.82, 2.24) is 15.6 Å². The second-order valence-electron chi connectivity index (χ2n) is 4.04. The molecule has 1 aromatic heterocycles. The van der Waals surface area contributed by atoms with Gasteiger partial charge in [0.1, 0.15) is 6.04 Å². The summed E-state index contributed by atoms with van der Waals surface area (Å²) in [6.45, 7) is 6.65. The van der Waals surface area contributed by atoms with Gasteiger partial charge in [-0.25, -0.2) is 0 Å². The Balaban J connectivity index is 2.75. The molecule has 0 spiro atoms. The van der Waals surface area contributed by atoms with Crippen LogP contribution in [0, 0.1) is 0 Å². The van der Waals surface area contributed by atoms with Gasteiger partial charge in [0.15, 0.2) is 0 Å². The van der Waals surface area contributed by atoms with E-state index < -0.39 is 6.04 Å². The third-order valence-corrected chi connectivity index (χ3v) is 2.52. The molecule has 0 saturated heterocycles. The van der Waals surface area contributed by atoms with Crippen molar-refractivity contribution >= 4 is 17.5 Å². The lowest BCUT2D eigenvalue weighted by atomic mass is 10.2. The molecule has 0 fully saturated rings. The van der Waals surface area contributed by atoms with Crippen LogP contribution in [0.25, 0.3) is 0 Å². The second-order valence-corrected chi connectivity index (χ2v) is 4.04. The van der Waals surface area contributed by atoms with E-state index in [0.29, 0.717) is 24.3 Å². The second kappa shape index (κ2) is 7.35. The molecule has 1 unspecified atom stereocenters. The molecular formula is C13H20N4O2. The smallest absolute Gasteiger partial charge is 0.254 e. The highest BCUT2D eigenvalue weighted by atomic mass is 16.2. The van der Waals surface area contributed by atoms with E-state index in [1.807, 2.05) is 13.8 Å². The molecule has 0 aliphatic heterocycles. The minimum absolute atomic E-state index is 0.199. The molecular weight excluding hydrogens is 244 g/mol. The fourth-order valence-corrected chi connectivity index (χ4v) is 1.59. The molecule has 1 aromatic rings. The number of amides is 2. The molecule has 0 saturated carbocycles. The standard InChI is InChI=1S/C13H20N4O2/c1-4-15-11-8-14-7-6-10(11)13(19)17-9(3)12(18)16-5-2/h6-9,15H,4-5H2,1-3H3,(H,16,18)(H,17,19). The van der Waals surface area contributed by atoms with Crippen molar-refractivity contribution in [3.8, 4) is 0 Å². The van der Waals surface area contributed by atoms with Gasteiger partial charge in [0.2, 0.25) is 5.91 Å². The van der Waals surface area contributed by atoms with Crippen LogP contribution < -0.4 is 16.0 Å². The number of anilines is 1. The predicted octanol–water partition coefficient (Wildman–Crippen LogP) is 0.768. The average molecular weight is 264 g/mol. The monoisotopic (exact) mass is 264 g/mol. The number of rotatable bonds is 6. The first kappa shape index (κ1) is 14.9. The number of carbonyl (C=O) groups is 2. The SMILES string of the molecule is CCNC(=O)C(C)NC(=O)c1ccncc1NCC. The lowest BCUT2D eigenvalue weighted by Crippen LogP contribution is -2.44. The Bertz CT molecular complexity index is 448. The van der Waals surface area contributed by atoms with Crippen molar-refractivity contribution in [3.63, 3.8) is 0 Å². The van der Waals surface area contributed by atoms with E-state index in [2.05, 4.69) is 20.9 Å². The van der Waals surface area contributed by atoms with Crippen LogP contribution in [-0.2, 0) is 4.79 Å². The third kappa shape index (κ3) is 4.24. The van der Waals surface area contributed by atoms with Crippen LogP contribution in [0.4, 0.5) is 5.69 Å². The first-order valence-electron chi connectivity index (χ1n) is 6.36. The zero-order valence-corrected chi connectivity index (χ0v) is 11.5. The summed E-state index contributed by atoms with van der Waals surface area (Å²) in [7, 11) is 0. The van der Waals surface area contributed by atoms with Crippen LogP contribution in [-0.4, -0.2) is 35.9 Å². The molecule has 1 heterocycles. The van der Waals surface area contributed by atoms with E-state index in [1.165, 1.54) is 0 Å². The van der Waals surface area contributed by atoms with Crippen LogP contribution in [0.2, 0.25) is 0 Å². The number of pyridine rings is 1. The summed E-state index contributed by atoms with van der Waals surface area (Å²) in [4.78, 5) is 27.6. The number of carbonyl (C=O) groups excluding carboxylic acids is 2. The fourth-order valence-electron chi connectivity index (χ4n) is 1.59. The number of nitrogens with zero attached hydrogens (tertiary/aromatic N) is 1. The van der Waals surface area contributed by atoms with E-state index >= 15 is 0 Å². The fraction of sp³-hybridized carbons (Fsp3) is 0.462. The molecule has 1 rings (SSSR count). The average Bonchev–Trinajstić information content (AvgIpc) is 2.39. The summed E-state index contributed by atoms with van der Waals surface area (Å²) in [5.41, 5.74) is 1.14. The molecule has 3 N–H and O–H groups in total. The normalized spacial score (nSPS) is 11.5. The Morgan fingerprint density at radius 2 is 2.05 bits per heavy atom. The van der Waals surface area contributed by atoms with Crippen molar-refractivity contribution in [2.75, 3.05) is 18.4 Å². The predicted molar refractivity (Wildman–Crippen MR) is 74.0 cm³/mol. The number of hydrogen-bond donors (Lipinski definition) is 3. The van der Waals surface area contributed by atoms with Crippen LogP contribution in [0.5, 0.6) is 0 Å². The zero-order chi connectivity index (χ0) is 14.3. The van der Waals surface area contributed by atoms with E-state index in [0.717, 1.165) is 0 Å². The van der Waals surface area contributed by atoms with Crippen molar-refractivity contribution in [3.05, 3.63) is 24.0 Å². The molecule has 6 heteroatoms. The zero-order valence-electron chi connectivity index (χ0n) is 11.5. The summed E-state index contributed by atoms with van der Waals surface area (Å²) in [6, 6.07) is 1.05. The summed E-state index contributed by atoms with van der Waals surface area (Å²) >= 11 is 0. The maximum Gasteiger partial charge on any atom is 0.254 e. The minimum atomic E-state index is -0.574. The van der Waals surface area contributed by atoms with Crippen molar-refractivity contribution < 1.29 is 9.59 Å². The highest BCUT2D eigenvalue weighted by Gasteiger charge is 2.17. The first-order valence-corrected chi connectivity index (χ1v) is 6.36. The highest BCUT2D eigenvalue weighted by Crippen LogP contribution is 2.12. The van der Waals surface area contributed by atoms with Crippen LogP contribution in [0.3, 0.4) is 0 Å². The topological polar surface area (TPSA) is 83.1 Å². The summed E-state index contributed by atoms with van der Waals surface area (Å²) < 4.78 is 0. The van der Waals surface area contributed by atoms with Gasteiger partial charge >= 0.3 is 0 Å². The Labute approximate surface area is 113 Å². The van der Waals surface area contributed by atoms with Crippen LogP contribution in [0.1, 0.15) is 31.1 Å². The molecule has 2 amide bonds. The van der Waals surface area contributed by atoms with Crippen LogP contribution >= 0.6 is 0 Å². The number of aromatic nitrogens is 1. The molecule has 1 atom stereocenters. The van der Waals surface area contributed by atoms with Crippen molar-refractivity contribution in [1.29, 1.82) is 0 Å². The molecule has 19 heavy (non-hydrogen) atoms. The molecule has 0 bridgehead atoms. The maximum absolute atomic E-state index is 12.1. The Kier molecular flexibility index (Phi) is 5.78. The maximum atomic E-state index is 12.1. The largest absolute Gasteiger partial charge is 0.383 e. The quantitative estimate of drug-likeness (QED) is 0.708. The van der Waals surface area contributed by atoms with Gasteiger partial charge in [-0.15, -0.1) is 0 Å². The van der Waals surface area contributed by atoms with E-state index in [-0.39, 0.29) is 11.8 Å².